The van der Waals surface area contributed by atoms with Gasteiger partial charge in [0.1, 0.15) is 12.6 Å². The van der Waals surface area contributed by atoms with Crippen molar-refractivity contribution in [3.05, 3.63) is 97.6 Å². The van der Waals surface area contributed by atoms with Gasteiger partial charge in [-0.3, -0.25) is 20.2 Å². The summed E-state index contributed by atoms with van der Waals surface area (Å²) in [5.74, 6) is -2.89. The number of carboxylic acid groups (broad SMARTS) is 1. The van der Waals surface area contributed by atoms with Gasteiger partial charge in [-0.05, 0) is 27.8 Å². The highest BCUT2D eigenvalue weighted by Crippen LogP contribution is 2.44. The van der Waals surface area contributed by atoms with E-state index in [1.165, 1.54) is 0 Å². The molecule has 0 heterocycles. The maximum absolute atomic E-state index is 12.5. The monoisotopic (exact) mass is 493 g/mol. The van der Waals surface area contributed by atoms with Crippen LogP contribution >= 0.6 is 0 Å². The number of aromatic hydroxyl groups is 1. The SMILES string of the molecule is O=C(N[C@@H](Cc1cc([N+](=O)[O-])c(O)c([N+](=O)[O-])c1)C(=O)O)OCC1c2ccccc2-c2ccccc21. The van der Waals surface area contributed by atoms with E-state index in [4.69, 9.17) is 4.74 Å². The third-order valence-corrected chi connectivity index (χ3v) is 5.90. The highest BCUT2D eigenvalue weighted by Gasteiger charge is 2.31. The summed E-state index contributed by atoms with van der Waals surface area (Å²) >= 11 is 0. The van der Waals surface area contributed by atoms with Crippen molar-refractivity contribution in [3.63, 3.8) is 0 Å². The lowest BCUT2D eigenvalue weighted by atomic mass is 9.98. The largest absolute Gasteiger partial charge is 0.497 e. The minimum absolute atomic E-state index is 0.0671. The molecule has 3 aromatic rings. The molecule has 0 unspecified atom stereocenters. The highest BCUT2D eigenvalue weighted by atomic mass is 16.6. The summed E-state index contributed by atoms with van der Waals surface area (Å²) in [5, 5.41) is 43.8. The molecule has 3 N–H and O–H groups in total. The van der Waals surface area contributed by atoms with Crippen molar-refractivity contribution < 1.29 is 34.4 Å². The van der Waals surface area contributed by atoms with Crippen LogP contribution < -0.4 is 5.32 Å². The zero-order chi connectivity index (χ0) is 26.0. The Labute approximate surface area is 203 Å². The van der Waals surface area contributed by atoms with Gasteiger partial charge in [-0.1, -0.05) is 48.5 Å². The second kappa shape index (κ2) is 9.70. The molecular formula is C24H19N3O9. The second-order valence-corrected chi connectivity index (χ2v) is 8.06. The first-order valence-electron chi connectivity index (χ1n) is 10.7. The number of hydrogen-bond donors (Lipinski definition) is 3. The Kier molecular flexibility index (Phi) is 6.50. The summed E-state index contributed by atoms with van der Waals surface area (Å²) in [6, 6.07) is 15.3. The first-order chi connectivity index (χ1) is 17.2. The average Bonchev–Trinajstić information content (AvgIpc) is 3.16. The number of fused-ring (bicyclic) bond motifs is 3. The number of carboxylic acids is 1. The standard InChI is InChI=1S/C24H19N3O9/c28-22-20(26(32)33)10-13(11-21(22)27(34)35)9-19(23(29)30)25-24(31)36-12-18-16-7-3-1-5-14(16)15-6-2-4-8-17(15)18/h1-8,10-11,18-19,28H,9,12H2,(H,25,31)(H,29,30)/t19-/m0/s1. The minimum atomic E-state index is -1.61. The second-order valence-electron chi connectivity index (χ2n) is 8.06. The first-order valence-corrected chi connectivity index (χ1v) is 10.7. The molecule has 0 bridgehead atoms. The topological polar surface area (TPSA) is 182 Å². The molecule has 12 nitrogen and oxygen atoms in total. The van der Waals surface area contributed by atoms with Gasteiger partial charge < -0.3 is 20.3 Å². The van der Waals surface area contributed by atoms with E-state index in [9.17, 15) is 40.0 Å². The van der Waals surface area contributed by atoms with Gasteiger partial charge in [0.2, 0.25) is 0 Å². The molecule has 1 aliphatic carbocycles. The molecule has 1 amide bonds. The fourth-order valence-electron chi connectivity index (χ4n) is 4.28. The van der Waals surface area contributed by atoms with E-state index in [0.717, 1.165) is 34.4 Å². The lowest BCUT2D eigenvalue weighted by Gasteiger charge is -2.17. The Morgan fingerprint density at radius 3 is 1.92 bits per heavy atom. The Hall–Kier alpha value is -5.00. The van der Waals surface area contributed by atoms with Crippen molar-refractivity contribution in [3.8, 4) is 16.9 Å². The molecule has 0 radical (unpaired) electrons. The molecule has 184 valence electrons. The van der Waals surface area contributed by atoms with Crippen LogP contribution in [0.2, 0.25) is 0 Å². The number of benzene rings is 3. The molecule has 1 atom stereocenters. The van der Waals surface area contributed by atoms with E-state index in [1.54, 1.807) is 0 Å². The van der Waals surface area contributed by atoms with Crippen LogP contribution in [0.3, 0.4) is 0 Å². The van der Waals surface area contributed by atoms with Crippen LogP contribution in [-0.4, -0.2) is 44.8 Å². The maximum atomic E-state index is 12.5. The number of phenols is 1. The predicted octanol–water partition coefficient (Wildman–Crippen LogP) is 3.74. The summed E-state index contributed by atoms with van der Waals surface area (Å²) < 4.78 is 5.33. The molecule has 0 spiro atoms. The summed E-state index contributed by atoms with van der Waals surface area (Å²) in [5.41, 5.74) is 1.91. The quantitative estimate of drug-likeness (QED) is 0.311. The van der Waals surface area contributed by atoms with Gasteiger partial charge in [0.15, 0.2) is 0 Å². The van der Waals surface area contributed by atoms with Gasteiger partial charge in [-0.15, -0.1) is 0 Å². The van der Waals surface area contributed by atoms with E-state index in [-0.39, 0.29) is 18.1 Å². The van der Waals surface area contributed by atoms with Crippen molar-refractivity contribution >= 4 is 23.4 Å². The maximum Gasteiger partial charge on any atom is 0.407 e. The number of amides is 1. The number of phenolic OH excluding ortho intramolecular Hbond substituents is 1. The fourth-order valence-corrected chi connectivity index (χ4v) is 4.28. The van der Waals surface area contributed by atoms with Crippen molar-refractivity contribution in [2.24, 2.45) is 0 Å². The number of carbonyl (C=O) groups excluding carboxylic acids is 1. The van der Waals surface area contributed by atoms with Gasteiger partial charge in [0, 0.05) is 24.5 Å². The molecule has 0 saturated heterocycles. The molecule has 4 rings (SSSR count). The lowest BCUT2D eigenvalue weighted by Crippen LogP contribution is -2.42. The highest BCUT2D eigenvalue weighted by molar-refractivity contribution is 5.81. The molecule has 12 heteroatoms. The van der Waals surface area contributed by atoms with Crippen molar-refractivity contribution in [1.29, 1.82) is 0 Å². The van der Waals surface area contributed by atoms with Crippen LogP contribution in [-0.2, 0) is 16.0 Å². The predicted molar refractivity (Wildman–Crippen MR) is 125 cm³/mol. The van der Waals surface area contributed by atoms with Crippen LogP contribution in [0, 0.1) is 20.2 Å². The number of carbonyl (C=O) groups is 2. The number of rotatable bonds is 8. The van der Waals surface area contributed by atoms with Crippen LogP contribution in [0.4, 0.5) is 16.2 Å². The van der Waals surface area contributed by atoms with Crippen molar-refractivity contribution in [1.82, 2.24) is 5.32 Å². The fraction of sp³-hybridized carbons (Fsp3) is 0.167. The first kappa shape index (κ1) is 24.1. The normalized spacial score (nSPS) is 12.8. The van der Waals surface area contributed by atoms with E-state index >= 15 is 0 Å². The average molecular weight is 493 g/mol. The molecule has 0 fully saturated rings. The Morgan fingerprint density at radius 1 is 0.944 bits per heavy atom. The number of hydrogen-bond acceptors (Lipinski definition) is 8. The van der Waals surface area contributed by atoms with Crippen LogP contribution in [0.5, 0.6) is 5.75 Å². The van der Waals surface area contributed by atoms with E-state index < -0.39 is 51.5 Å². The molecule has 3 aromatic carbocycles. The van der Waals surface area contributed by atoms with E-state index in [2.05, 4.69) is 5.32 Å². The van der Waals surface area contributed by atoms with Gasteiger partial charge in [-0.2, -0.15) is 0 Å². The van der Waals surface area contributed by atoms with Gasteiger partial charge in [0.05, 0.1) is 9.85 Å². The van der Waals surface area contributed by atoms with Crippen molar-refractivity contribution in [2.45, 2.75) is 18.4 Å². The molecule has 0 saturated carbocycles. The number of aliphatic carboxylic acids is 1. The van der Waals surface area contributed by atoms with Crippen LogP contribution in [0.15, 0.2) is 60.7 Å². The summed E-state index contributed by atoms with van der Waals surface area (Å²) in [6.45, 7) is -0.0671. The lowest BCUT2D eigenvalue weighted by molar-refractivity contribution is -0.396. The zero-order valence-corrected chi connectivity index (χ0v) is 18.5. The summed E-state index contributed by atoms with van der Waals surface area (Å²) in [7, 11) is 0. The zero-order valence-electron chi connectivity index (χ0n) is 18.5. The molecule has 0 aliphatic heterocycles. The third kappa shape index (κ3) is 4.64. The third-order valence-electron chi connectivity index (χ3n) is 5.90. The number of nitrogens with one attached hydrogen (secondary N) is 1. The van der Waals surface area contributed by atoms with E-state index in [1.807, 2.05) is 48.5 Å². The number of alkyl carbamates (subject to hydrolysis) is 1. The molecule has 36 heavy (non-hydrogen) atoms. The summed E-state index contributed by atoms with van der Waals surface area (Å²) in [6.07, 6.45) is -1.56. The number of ether oxygens (including phenoxy) is 1. The number of nitro benzene ring substituents is 2. The van der Waals surface area contributed by atoms with Gasteiger partial charge in [-0.25, -0.2) is 9.59 Å². The van der Waals surface area contributed by atoms with Crippen LogP contribution in [0.1, 0.15) is 22.6 Å². The molecular weight excluding hydrogens is 474 g/mol. The Balaban J connectivity index is 1.49. The van der Waals surface area contributed by atoms with Crippen molar-refractivity contribution in [2.75, 3.05) is 6.61 Å². The number of nitrogens with zero attached hydrogens (tertiary/aromatic N) is 2. The Morgan fingerprint density at radius 2 is 1.44 bits per heavy atom. The number of nitro groups is 2. The van der Waals surface area contributed by atoms with Gasteiger partial charge >= 0.3 is 23.4 Å². The molecule has 0 aromatic heterocycles. The Bertz CT molecular complexity index is 1310. The summed E-state index contributed by atoms with van der Waals surface area (Å²) in [4.78, 5) is 44.5. The smallest absolute Gasteiger partial charge is 0.407 e. The molecule has 1 aliphatic rings. The van der Waals surface area contributed by atoms with E-state index in [0.29, 0.717) is 0 Å². The van der Waals surface area contributed by atoms with Gasteiger partial charge in [0.25, 0.3) is 5.75 Å². The minimum Gasteiger partial charge on any atom is -0.497 e. The van der Waals surface area contributed by atoms with Crippen LogP contribution in [0.25, 0.3) is 11.1 Å².